The summed E-state index contributed by atoms with van der Waals surface area (Å²) in [6.07, 6.45) is 0.826. The van der Waals surface area contributed by atoms with Crippen molar-refractivity contribution in [2.45, 2.75) is 19.8 Å². The van der Waals surface area contributed by atoms with Crippen molar-refractivity contribution in [2.75, 3.05) is 13.6 Å². The zero-order chi connectivity index (χ0) is 12.0. The molecule has 86 valence electrons. The highest BCUT2D eigenvalue weighted by Gasteiger charge is 2.10. The highest BCUT2D eigenvalue weighted by Crippen LogP contribution is 2.01. The van der Waals surface area contributed by atoms with E-state index in [4.69, 9.17) is 0 Å². The van der Waals surface area contributed by atoms with Crippen LogP contribution in [-0.2, 0) is 16.0 Å². The van der Waals surface area contributed by atoms with E-state index < -0.39 is 0 Å². The van der Waals surface area contributed by atoms with Gasteiger partial charge in [0.15, 0.2) is 0 Å². The number of carbonyl (C=O) groups is 2. The minimum atomic E-state index is -0.108. The predicted octanol–water partition coefficient (Wildman–Crippen LogP) is 1.67. The molecule has 0 aliphatic carbocycles. The molecule has 0 aliphatic rings. The Morgan fingerprint density at radius 2 is 1.81 bits per heavy atom. The lowest BCUT2D eigenvalue weighted by Gasteiger charge is -2.16. The first kappa shape index (κ1) is 12.4. The molecule has 0 fully saturated rings. The number of ketones is 1. The fraction of sp³-hybridized carbons (Fsp3) is 0.385. The van der Waals surface area contributed by atoms with E-state index in [0.717, 1.165) is 6.42 Å². The molecule has 3 heteroatoms. The predicted molar refractivity (Wildman–Crippen MR) is 63.1 cm³/mol. The molecule has 0 unspecified atom stereocenters. The minimum absolute atomic E-state index is 0.00525. The number of Topliss-reactive ketones (excluding diaryl/α,β-unsaturated/α-hetero) is 1. The Bertz CT molecular complexity index is 359. The van der Waals surface area contributed by atoms with Gasteiger partial charge in [0.25, 0.3) is 0 Å². The Kier molecular flexibility index (Phi) is 4.70. The van der Waals surface area contributed by atoms with E-state index in [9.17, 15) is 9.59 Å². The van der Waals surface area contributed by atoms with Crippen LogP contribution in [0.15, 0.2) is 30.3 Å². The van der Waals surface area contributed by atoms with E-state index >= 15 is 0 Å². The average Bonchev–Trinajstić information content (AvgIpc) is 2.26. The molecule has 1 aromatic rings. The third-order valence-corrected chi connectivity index (χ3v) is 2.40. The molecule has 0 N–H and O–H groups in total. The van der Waals surface area contributed by atoms with Crippen molar-refractivity contribution in [1.82, 2.24) is 4.90 Å². The van der Waals surface area contributed by atoms with Crippen molar-refractivity contribution in [3.05, 3.63) is 35.9 Å². The van der Waals surface area contributed by atoms with Crippen LogP contribution in [-0.4, -0.2) is 30.2 Å². The standard InChI is InChI=1S/C13H17NO2/c1-11(15)10-13(16)14(2)9-8-12-6-4-3-5-7-12/h3-7H,8-10H2,1-2H3. The molecule has 0 bridgehead atoms. The van der Waals surface area contributed by atoms with Gasteiger partial charge in [-0.15, -0.1) is 0 Å². The zero-order valence-corrected chi connectivity index (χ0v) is 9.77. The van der Waals surface area contributed by atoms with Crippen molar-refractivity contribution in [3.8, 4) is 0 Å². The summed E-state index contributed by atoms with van der Waals surface area (Å²) < 4.78 is 0. The van der Waals surface area contributed by atoms with E-state index in [0.29, 0.717) is 6.54 Å². The Labute approximate surface area is 96.1 Å². The quantitative estimate of drug-likeness (QED) is 0.706. The number of carbonyl (C=O) groups excluding carboxylic acids is 2. The maximum Gasteiger partial charge on any atom is 0.229 e. The Morgan fingerprint density at radius 1 is 1.19 bits per heavy atom. The number of benzene rings is 1. The summed E-state index contributed by atoms with van der Waals surface area (Å²) in [4.78, 5) is 23.9. The Morgan fingerprint density at radius 3 is 2.38 bits per heavy atom. The van der Waals surface area contributed by atoms with Gasteiger partial charge in [0.05, 0.1) is 6.42 Å². The van der Waals surface area contributed by atoms with E-state index in [1.54, 1.807) is 11.9 Å². The Balaban J connectivity index is 2.38. The lowest BCUT2D eigenvalue weighted by Crippen LogP contribution is -2.29. The molecule has 0 radical (unpaired) electrons. The van der Waals surface area contributed by atoms with Crippen molar-refractivity contribution in [2.24, 2.45) is 0 Å². The van der Waals surface area contributed by atoms with Crippen LogP contribution in [0.5, 0.6) is 0 Å². The van der Waals surface area contributed by atoms with Crippen LogP contribution in [0.3, 0.4) is 0 Å². The molecule has 0 saturated carbocycles. The highest BCUT2D eigenvalue weighted by molar-refractivity contribution is 5.96. The molecule has 16 heavy (non-hydrogen) atoms. The van der Waals surface area contributed by atoms with Crippen LogP contribution in [0.2, 0.25) is 0 Å². The van der Waals surface area contributed by atoms with E-state index in [1.165, 1.54) is 12.5 Å². The smallest absolute Gasteiger partial charge is 0.229 e. The summed E-state index contributed by atoms with van der Waals surface area (Å²) in [5.41, 5.74) is 1.20. The number of rotatable bonds is 5. The maximum atomic E-state index is 11.5. The molecule has 0 aromatic heterocycles. The third kappa shape index (κ3) is 4.26. The van der Waals surface area contributed by atoms with Gasteiger partial charge in [0, 0.05) is 13.6 Å². The van der Waals surface area contributed by atoms with Gasteiger partial charge < -0.3 is 4.90 Å². The van der Waals surface area contributed by atoms with E-state index in [-0.39, 0.29) is 18.1 Å². The van der Waals surface area contributed by atoms with Crippen molar-refractivity contribution in [3.63, 3.8) is 0 Å². The molecule has 3 nitrogen and oxygen atoms in total. The molecule has 0 atom stereocenters. The fourth-order valence-corrected chi connectivity index (χ4v) is 1.41. The van der Waals surface area contributed by atoms with Gasteiger partial charge in [0.1, 0.15) is 5.78 Å². The third-order valence-electron chi connectivity index (χ3n) is 2.40. The van der Waals surface area contributed by atoms with Crippen LogP contribution >= 0.6 is 0 Å². The summed E-state index contributed by atoms with van der Waals surface area (Å²) in [6, 6.07) is 9.99. The molecule has 0 heterocycles. The molecule has 0 spiro atoms. The summed E-state index contributed by atoms with van der Waals surface area (Å²) in [6.45, 7) is 2.08. The van der Waals surface area contributed by atoms with Gasteiger partial charge in [-0.05, 0) is 18.9 Å². The number of nitrogens with zero attached hydrogens (tertiary/aromatic N) is 1. The SMILES string of the molecule is CC(=O)CC(=O)N(C)CCc1ccccc1. The minimum Gasteiger partial charge on any atom is -0.345 e. The van der Waals surface area contributed by atoms with Crippen molar-refractivity contribution >= 4 is 11.7 Å². The average molecular weight is 219 g/mol. The first-order chi connectivity index (χ1) is 7.59. The summed E-state index contributed by atoms with van der Waals surface area (Å²) >= 11 is 0. The van der Waals surface area contributed by atoms with Crippen LogP contribution in [0, 0.1) is 0 Å². The lowest BCUT2D eigenvalue weighted by atomic mass is 10.1. The number of amides is 1. The van der Waals surface area contributed by atoms with Gasteiger partial charge in [0.2, 0.25) is 5.91 Å². The van der Waals surface area contributed by atoms with Crippen LogP contribution < -0.4 is 0 Å². The lowest BCUT2D eigenvalue weighted by molar-refractivity contribution is -0.133. The summed E-state index contributed by atoms with van der Waals surface area (Å²) in [5.74, 6) is -0.194. The monoisotopic (exact) mass is 219 g/mol. The molecular formula is C13H17NO2. The molecule has 0 saturated heterocycles. The van der Waals surface area contributed by atoms with Gasteiger partial charge in [-0.1, -0.05) is 30.3 Å². The van der Waals surface area contributed by atoms with Crippen molar-refractivity contribution in [1.29, 1.82) is 0 Å². The number of hydrogen-bond acceptors (Lipinski definition) is 2. The van der Waals surface area contributed by atoms with E-state index in [1.807, 2.05) is 30.3 Å². The Hall–Kier alpha value is -1.64. The highest BCUT2D eigenvalue weighted by atomic mass is 16.2. The molecule has 0 aliphatic heterocycles. The summed E-state index contributed by atoms with van der Waals surface area (Å²) in [5, 5.41) is 0. The normalized spacial score (nSPS) is 9.88. The largest absolute Gasteiger partial charge is 0.345 e. The number of hydrogen-bond donors (Lipinski definition) is 0. The van der Waals surface area contributed by atoms with Crippen molar-refractivity contribution < 1.29 is 9.59 Å². The van der Waals surface area contributed by atoms with Crippen LogP contribution in [0.4, 0.5) is 0 Å². The van der Waals surface area contributed by atoms with Gasteiger partial charge in [-0.3, -0.25) is 9.59 Å². The molecular weight excluding hydrogens is 202 g/mol. The van der Waals surface area contributed by atoms with Gasteiger partial charge in [-0.25, -0.2) is 0 Å². The van der Waals surface area contributed by atoms with Gasteiger partial charge >= 0.3 is 0 Å². The second-order valence-electron chi connectivity index (χ2n) is 3.93. The molecule has 1 amide bonds. The second-order valence-corrected chi connectivity index (χ2v) is 3.93. The first-order valence-corrected chi connectivity index (χ1v) is 5.37. The second kappa shape index (κ2) is 6.05. The first-order valence-electron chi connectivity index (χ1n) is 5.37. The molecule has 1 aromatic carbocycles. The number of likely N-dealkylation sites (N-methyl/N-ethyl adjacent to an activating group) is 1. The van der Waals surface area contributed by atoms with E-state index in [2.05, 4.69) is 0 Å². The fourth-order valence-electron chi connectivity index (χ4n) is 1.41. The van der Waals surface area contributed by atoms with Crippen LogP contribution in [0.1, 0.15) is 18.9 Å². The summed E-state index contributed by atoms with van der Waals surface area (Å²) in [7, 11) is 1.73. The topological polar surface area (TPSA) is 37.4 Å². The molecule has 1 rings (SSSR count). The van der Waals surface area contributed by atoms with Gasteiger partial charge in [-0.2, -0.15) is 0 Å². The zero-order valence-electron chi connectivity index (χ0n) is 9.77. The maximum absolute atomic E-state index is 11.5. The van der Waals surface area contributed by atoms with Crippen LogP contribution in [0.25, 0.3) is 0 Å².